The van der Waals surface area contributed by atoms with Crippen LogP contribution in [0.3, 0.4) is 0 Å². The van der Waals surface area contributed by atoms with Gasteiger partial charge in [0.25, 0.3) is 0 Å². The minimum absolute atomic E-state index is 0.237. The zero-order chi connectivity index (χ0) is 17.9. The largest absolute Gasteiger partial charge is 0.402 e. The van der Waals surface area contributed by atoms with Gasteiger partial charge in [0.05, 0.1) is 0 Å². The molecule has 0 unspecified atom stereocenters. The van der Waals surface area contributed by atoms with Gasteiger partial charge in [-0.25, -0.2) is 9.79 Å². The van der Waals surface area contributed by atoms with E-state index in [2.05, 4.69) is 4.99 Å². The molecule has 1 aliphatic rings. The molecule has 0 saturated heterocycles. The number of aromatic nitrogens is 1. The van der Waals surface area contributed by atoms with Gasteiger partial charge in [0.1, 0.15) is 4.64 Å². The third kappa shape index (κ3) is 3.12. The van der Waals surface area contributed by atoms with E-state index in [1.54, 1.807) is 6.08 Å². The molecule has 2 heterocycles. The van der Waals surface area contributed by atoms with Crippen LogP contribution >= 0.6 is 12.2 Å². The fraction of sp³-hybridized carbons (Fsp3) is 0. The third-order valence-electron chi connectivity index (χ3n) is 3.94. The molecule has 0 bridgehead atoms. The third-order valence-corrected chi connectivity index (χ3v) is 4.38. The molecule has 26 heavy (non-hydrogen) atoms. The highest BCUT2D eigenvalue weighted by atomic mass is 32.1. The van der Waals surface area contributed by atoms with Crippen molar-refractivity contribution < 1.29 is 9.53 Å². The molecule has 0 aliphatic carbocycles. The highest BCUT2D eigenvalue weighted by Crippen LogP contribution is 2.20. The maximum atomic E-state index is 12.2. The molecule has 0 amide bonds. The van der Waals surface area contributed by atoms with E-state index in [-0.39, 0.29) is 5.70 Å². The van der Waals surface area contributed by atoms with Gasteiger partial charge >= 0.3 is 5.97 Å². The van der Waals surface area contributed by atoms with Crippen molar-refractivity contribution in [3.05, 3.63) is 100 Å². The summed E-state index contributed by atoms with van der Waals surface area (Å²) in [6, 6.07) is 22.9. The number of benzene rings is 2. The van der Waals surface area contributed by atoms with Crippen molar-refractivity contribution in [2.75, 3.05) is 0 Å². The molecule has 1 aliphatic heterocycles. The SMILES string of the molecule is O=C1OC(c2ccccc2)=N/C1=C\c1cccn(-c2ccccc2)c1=S. The fourth-order valence-corrected chi connectivity index (χ4v) is 2.97. The van der Waals surface area contributed by atoms with Gasteiger partial charge < -0.3 is 9.30 Å². The number of pyridine rings is 1. The van der Waals surface area contributed by atoms with Crippen LogP contribution in [0.1, 0.15) is 11.1 Å². The molecule has 0 N–H and O–H groups in total. The molecular weight excluding hydrogens is 344 g/mol. The van der Waals surface area contributed by atoms with Gasteiger partial charge in [0, 0.05) is 23.0 Å². The van der Waals surface area contributed by atoms with E-state index in [0.29, 0.717) is 10.5 Å². The zero-order valence-corrected chi connectivity index (χ0v) is 14.5. The molecule has 0 spiro atoms. The molecule has 4 nitrogen and oxygen atoms in total. The molecule has 5 heteroatoms. The van der Waals surface area contributed by atoms with Crippen molar-refractivity contribution in [3.63, 3.8) is 0 Å². The second-order valence-corrected chi connectivity index (χ2v) is 6.06. The minimum atomic E-state index is -0.478. The molecule has 0 atom stereocenters. The highest BCUT2D eigenvalue weighted by Gasteiger charge is 2.24. The Morgan fingerprint density at radius 1 is 0.923 bits per heavy atom. The van der Waals surface area contributed by atoms with Crippen LogP contribution in [0.5, 0.6) is 0 Å². The molecule has 1 aromatic heterocycles. The number of hydrogen-bond donors (Lipinski definition) is 0. The summed E-state index contributed by atoms with van der Waals surface area (Å²) in [6.45, 7) is 0. The summed E-state index contributed by atoms with van der Waals surface area (Å²) in [7, 11) is 0. The summed E-state index contributed by atoms with van der Waals surface area (Å²) >= 11 is 5.59. The van der Waals surface area contributed by atoms with Crippen LogP contribution in [-0.4, -0.2) is 16.4 Å². The Balaban J connectivity index is 1.74. The van der Waals surface area contributed by atoms with Gasteiger partial charge in [-0.3, -0.25) is 0 Å². The standard InChI is InChI=1S/C21H14N2O2S/c24-21-18(22-19(25-21)15-8-3-1-4-9-15)14-16-10-7-13-23(20(16)26)17-11-5-2-6-12-17/h1-14H/b18-14-. The summed E-state index contributed by atoms with van der Waals surface area (Å²) in [5.74, 6) is -0.173. The predicted octanol–water partition coefficient (Wildman–Crippen LogP) is 4.55. The first-order chi connectivity index (χ1) is 12.7. The first-order valence-electron chi connectivity index (χ1n) is 8.07. The number of esters is 1. The van der Waals surface area contributed by atoms with Crippen LogP contribution in [0.15, 0.2) is 89.7 Å². The van der Waals surface area contributed by atoms with E-state index in [1.807, 2.05) is 83.6 Å². The van der Waals surface area contributed by atoms with E-state index in [9.17, 15) is 4.79 Å². The Kier molecular flexibility index (Phi) is 4.29. The second kappa shape index (κ2) is 6.90. The number of nitrogens with zero attached hydrogens (tertiary/aromatic N) is 2. The zero-order valence-electron chi connectivity index (χ0n) is 13.7. The number of aliphatic imine (C=N–C) groups is 1. The molecule has 0 fully saturated rings. The quantitative estimate of drug-likeness (QED) is 0.392. The Hall–Kier alpha value is -3.31. The van der Waals surface area contributed by atoms with Gasteiger partial charge in [-0.1, -0.05) is 54.7 Å². The van der Waals surface area contributed by atoms with Crippen LogP contribution in [0.2, 0.25) is 0 Å². The summed E-state index contributed by atoms with van der Waals surface area (Å²) in [5.41, 5.74) is 2.69. The second-order valence-electron chi connectivity index (χ2n) is 5.68. The van der Waals surface area contributed by atoms with Crippen molar-refractivity contribution in [1.82, 2.24) is 4.57 Å². The van der Waals surface area contributed by atoms with Gasteiger partial charge in [0.2, 0.25) is 5.90 Å². The average Bonchev–Trinajstić information content (AvgIpc) is 3.05. The van der Waals surface area contributed by atoms with Gasteiger partial charge in [-0.2, -0.15) is 0 Å². The number of cyclic esters (lactones) is 1. The first kappa shape index (κ1) is 16.2. The van der Waals surface area contributed by atoms with E-state index in [1.165, 1.54) is 0 Å². The van der Waals surface area contributed by atoms with Crippen molar-refractivity contribution in [2.45, 2.75) is 0 Å². The Bertz CT molecular complexity index is 1080. The Labute approximate surface area is 155 Å². The van der Waals surface area contributed by atoms with Crippen molar-refractivity contribution in [3.8, 4) is 5.69 Å². The van der Waals surface area contributed by atoms with Crippen LogP contribution in [0.25, 0.3) is 11.8 Å². The van der Waals surface area contributed by atoms with Crippen molar-refractivity contribution in [2.24, 2.45) is 4.99 Å². The molecule has 0 saturated carbocycles. The monoisotopic (exact) mass is 358 g/mol. The normalized spacial score (nSPS) is 15.0. The van der Waals surface area contributed by atoms with Crippen LogP contribution < -0.4 is 0 Å². The predicted molar refractivity (Wildman–Crippen MR) is 104 cm³/mol. The van der Waals surface area contributed by atoms with E-state index in [0.717, 1.165) is 16.8 Å². The molecule has 4 rings (SSSR count). The molecule has 3 aromatic rings. The number of carbonyl (C=O) groups is 1. The Morgan fingerprint density at radius 2 is 1.62 bits per heavy atom. The van der Waals surface area contributed by atoms with Crippen molar-refractivity contribution >= 4 is 30.2 Å². The van der Waals surface area contributed by atoms with Gasteiger partial charge in [0.15, 0.2) is 5.70 Å². The van der Waals surface area contributed by atoms with Crippen LogP contribution in [-0.2, 0) is 9.53 Å². The van der Waals surface area contributed by atoms with E-state index < -0.39 is 5.97 Å². The number of hydrogen-bond acceptors (Lipinski definition) is 4. The topological polar surface area (TPSA) is 43.6 Å². The molecule has 126 valence electrons. The lowest BCUT2D eigenvalue weighted by atomic mass is 10.2. The number of para-hydroxylation sites is 1. The lowest BCUT2D eigenvalue weighted by Gasteiger charge is -2.08. The van der Waals surface area contributed by atoms with Gasteiger partial charge in [-0.05, 0) is 36.4 Å². The van der Waals surface area contributed by atoms with Gasteiger partial charge in [-0.15, -0.1) is 0 Å². The molecule has 0 radical (unpaired) electrons. The summed E-state index contributed by atoms with van der Waals surface area (Å²) in [6.07, 6.45) is 3.56. The lowest BCUT2D eigenvalue weighted by Crippen LogP contribution is -2.05. The van der Waals surface area contributed by atoms with E-state index in [4.69, 9.17) is 17.0 Å². The smallest absolute Gasteiger partial charge is 0.363 e. The van der Waals surface area contributed by atoms with Crippen LogP contribution in [0, 0.1) is 4.64 Å². The minimum Gasteiger partial charge on any atom is -0.402 e. The molecule has 2 aromatic carbocycles. The van der Waals surface area contributed by atoms with E-state index >= 15 is 0 Å². The summed E-state index contributed by atoms with van der Waals surface area (Å²) in [5, 5.41) is 0. The molecular formula is C21H14N2O2S. The Morgan fingerprint density at radius 3 is 2.35 bits per heavy atom. The highest BCUT2D eigenvalue weighted by molar-refractivity contribution is 7.71. The number of rotatable bonds is 3. The van der Waals surface area contributed by atoms with Crippen molar-refractivity contribution in [1.29, 1.82) is 0 Å². The summed E-state index contributed by atoms with van der Waals surface area (Å²) in [4.78, 5) is 16.5. The first-order valence-corrected chi connectivity index (χ1v) is 8.48. The summed E-state index contributed by atoms with van der Waals surface area (Å²) < 4.78 is 7.78. The fourth-order valence-electron chi connectivity index (χ4n) is 2.67. The maximum Gasteiger partial charge on any atom is 0.363 e. The lowest BCUT2D eigenvalue weighted by molar-refractivity contribution is -0.129. The van der Waals surface area contributed by atoms with Crippen LogP contribution in [0.4, 0.5) is 0 Å². The average molecular weight is 358 g/mol. The number of carbonyl (C=O) groups excluding carboxylic acids is 1. The maximum absolute atomic E-state index is 12.2. The number of ether oxygens (including phenoxy) is 1.